The molecule has 2 heterocycles. The van der Waals surface area contributed by atoms with Crippen molar-refractivity contribution >= 4 is 22.8 Å². The van der Waals surface area contributed by atoms with Crippen molar-refractivity contribution in [3.63, 3.8) is 0 Å². The number of carbonyl (C=O) groups excluding carboxylic acids is 1. The minimum atomic E-state index is -0.414. The zero-order chi connectivity index (χ0) is 19.7. The van der Waals surface area contributed by atoms with Crippen LogP contribution in [-0.2, 0) is 11.3 Å². The van der Waals surface area contributed by atoms with Crippen LogP contribution >= 0.6 is 0 Å². The van der Waals surface area contributed by atoms with E-state index in [2.05, 4.69) is 20.6 Å². The molecule has 2 aromatic carbocycles. The SMILES string of the molecule is Cc1ccc(NC(=O)Cn2cnc3c(nnn3-c3cccc(C)c3)c2=O)cc1. The van der Waals surface area contributed by atoms with Gasteiger partial charge in [0.15, 0.2) is 11.2 Å². The summed E-state index contributed by atoms with van der Waals surface area (Å²) in [6, 6.07) is 15.1. The van der Waals surface area contributed by atoms with E-state index in [1.165, 1.54) is 15.6 Å². The van der Waals surface area contributed by atoms with Crippen molar-refractivity contribution in [3.05, 3.63) is 76.3 Å². The number of nitrogens with one attached hydrogen (secondary N) is 1. The molecule has 0 aliphatic heterocycles. The van der Waals surface area contributed by atoms with Crippen molar-refractivity contribution in [1.29, 1.82) is 0 Å². The summed E-state index contributed by atoms with van der Waals surface area (Å²) < 4.78 is 2.74. The van der Waals surface area contributed by atoms with E-state index >= 15 is 0 Å². The molecular weight excluding hydrogens is 356 g/mol. The van der Waals surface area contributed by atoms with Crippen LogP contribution in [0.25, 0.3) is 16.9 Å². The van der Waals surface area contributed by atoms with Gasteiger partial charge in [-0.3, -0.25) is 14.2 Å². The number of benzene rings is 2. The average Bonchev–Trinajstić information content (AvgIpc) is 3.11. The van der Waals surface area contributed by atoms with Crippen LogP contribution in [0.4, 0.5) is 5.69 Å². The highest BCUT2D eigenvalue weighted by Crippen LogP contribution is 2.13. The van der Waals surface area contributed by atoms with Crippen molar-refractivity contribution in [2.45, 2.75) is 20.4 Å². The van der Waals surface area contributed by atoms with E-state index in [0.717, 1.165) is 16.8 Å². The van der Waals surface area contributed by atoms with E-state index in [-0.39, 0.29) is 18.0 Å². The number of fused-ring (bicyclic) bond motifs is 1. The fourth-order valence-electron chi connectivity index (χ4n) is 2.88. The quantitative estimate of drug-likeness (QED) is 0.591. The van der Waals surface area contributed by atoms with Crippen LogP contribution in [-0.4, -0.2) is 30.5 Å². The lowest BCUT2D eigenvalue weighted by molar-refractivity contribution is -0.116. The van der Waals surface area contributed by atoms with Gasteiger partial charge in [-0.15, -0.1) is 5.10 Å². The summed E-state index contributed by atoms with van der Waals surface area (Å²) in [5.41, 5.74) is 3.65. The smallest absolute Gasteiger partial charge is 0.284 e. The average molecular weight is 374 g/mol. The molecule has 0 bridgehead atoms. The zero-order valence-electron chi connectivity index (χ0n) is 15.5. The second-order valence-electron chi connectivity index (χ2n) is 6.60. The maximum atomic E-state index is 12.7. The Hall–Kier alpha value is -3.81. The molecule has 0 aliphatic rings. The van der Waals surface area contributed by atoms with Crippen LogP contribution in [0.2, 0.25) is 0 Å². The van der Waals surface area contributed by atoms with Gasteiger partial charge in [0.1, 0.15) is 12.9 Å². The second-order valence-corrected chi connectivity index (χ2v) is 6.60. The van der Waals surface area contributed by atoms with Crippen molar-refractivity contribution in [3.8, 4) is 5.69 Å². The molecule has 2 aromatic heterocycles. The Morgan fingerprint density at radius 2 is 1.86 bits per heavy atom. The Labute approximate surface area is 160 Å². The van der Waals surface area contributed by atoms with Crippen LogP contribution in [0.15, 0.2) is 59.7 Å². The number of hydrogen-bond acceptors (Lipinski definition) is 5. The van der Waals surface area contributed by atoms with Crippen LogP contribution in [0.3, 0.4) is 0 Å². The van der Waals surface area contributed by atoms with Crippen LogP contribution in [0.1, 0.15) is 11.1 Å². The summed E-state index contributed by atoms with van der Waals surface area (Å²) >= 11 is 0. The topological polar surface area (TPSA) is 94.7 Å². The second kappa shape index (κ2) is 7.07. The molecule has 8 heteroatoms. The van der Waals surface area contributed by atoms with Crippen LogP contribution in [0, 0.1) is 13.8 Å². The maximum Gasteiger partial charge on any atom is 0.284 e. The number of nitrogens with zero attached hydrogens (tertiary/aromatic N) is 5. The first-order valence-corrected chi connectivity index (χ1v) is 8.76. The highest BCUT2D eigenvalue weighted by Gasteiger charge is 2.15. The van der Waals surface area contributed by atoms with E-state index in [1.807, 2.05) is 62.4 Å². The first-order chi connectivity index (χ1) is 13.5. The largest absolute Gasteiger partial charge is 0.325 e. The number of aryl methyl sites for hydroxylation is 2. The number of hydrogen-bond donors (Lipinski definition) is 1. The van der Waals surface area contributed by atoms with Crippen LogP contribution < -0.4 is 10.9 Å². The van der Waals surface area contributed by atoms with E-state index in [0.29, 0.717) is 11.3 Å². The highest BCUT2D eigenvalue weighted by atomic mass is 16.2. The molecule has 0 unspecified atom stereocenters. The molecule has 0 saturated heterocycles. The number of amides is 1. The molecule has 8 nitrogen and oxygen atoms in total. The fraction of sp³-hybridized carbons (Fsp3) is 0.150. The van der Waals surface area contributed by atoms with E-state index in [4.69, 9.17) is 0 Å². The molecule has 0 atom stereocenters. The predicted octanol–water partition coefficient (Wildman–Crippen LogP) is 2.23. The first kappa shape index (κ1) is 17.6. The van der Waals surface area contributed by atoms with E-state index in [9.17, 15) is 9.59 Å². The number of anilines is 1. The zero-order valence-corrected chi connectivity index (χ0v) is 15.5. The lowest BCUT2D eigenvalue weighted by Gasteiger charge is -2.07. The molecule has 4 aromatic rings. The summed E-state index contributed by atoms with van der Waals surface area (Å²) in [6.45, 7) is 3.78. The van der Waals surface area contributed by atoms with Gasteiger partial charge in [0.25, 0.3) is 5.56 Å². The molecule has 0 saturated carbocycles. The van der Waals surface area contributed by atoms with Crippen molar-refractivity contribution in [1.82, 2.24) is 24.5 Å². The molecule has 4 rings (SSSR count). The Balaban J connectivity index is 1.61. The monoisotopic (exact) mass is 374 g/mol. The predicted molar refractivity (Wildman–Crippen MR) is 105 cm³/mol. The number of rotatable bonds is 4. The normalized spacial score (nSPS) is 10.9. The molecule has 0 fully saturated rings. The third-order valence-corrected chi connectivity index (χ3v) is 4.32. The number of aromatic nitrogens is 5. The summed E-state index contributed by atoms with van der Waals surface area (Å²) in [6.07, 6.45) is 1.34. The Kier molecular flexibility index (Phi) is 4.44. The van der Waals surface area contributed by atoms with Gasteiger partial charge in [-0.05, 0) is 43.7 Å². The van der Waals surface area contributed by atoms with Gasteiger partial charge in [0.2, 0.25) is 5.91 Å². The molecule has 0 aliphatic carbocycles. The summed E-state index contributed by atoms with van der Waals surface area (Å²) in [5, 5.41) is 10.8. The molecule has 0 radical (unpaired) electrons. The first-order valence-electron chi connectivity index (χ1n) is 8.76. The fourth-order valence-corrected chi connectivity index (χ4v) is 2.88. The van der Waals surface area contributed by atoms with Gasteiger partial charge in [-0.1, -0.05) is 35.0 Å². The van der Waals surface area contributed by atoms with E-state index in [1.54, 1.807) is 0 Å². The lowest BCUT2D eigenvalue weighted by atomic mass is 10.2. The Morgan fingerprint density at radius 3 is 2.61 bits per heavy atom. The minimum Gasteiger partial charge on any atom is -0.325 e. The minimum absolute atomic E-state index is 0.118. The van der Waals surface area contributed by atoms with Crippen molar-refractivity contribution < 1.29 is 4.79 Å². The standard InChI is InChI=1S/C20H18N6O2/c1-13-6-8-15(9-7-13)22-17(27)11-25-12-21-19-18(20(25)28)23-24-26(19)16-5-3-4-14(2)10-16/h3-10,12H,11H2,1-2H3,(H,22,27). The molecule has 28 heavy (non-hydrogen) atoms. The summed E-state index contributed by atoms with van der Waals surface area (Å²) in [5.74, 6) is -0.321. The molecular formula is C20H18N6O2. The molecule has 0 spiro atoms. The van der Waals surface area contributed by atoms with Gasteiger partial charge >= 0.3 is 0 Å². The van der Waals surface area contributed by atoms with Gasteiger partial charge < -0.3 is 5.32 Å². The van der Waals surface area contributed by atoms with Gasteiger partial charge in [-0.2, -0.15) is 4.68 Å². The third-order valence-electron chi connectivity index (χ3n) is 4.32. The maximum absolute atomic E-state index is 12.7. The van der Waals surface area contributed by atoms with Crippen molar-refractivity contribution in [2.75, 3.05) is 5.32 Å². The summed E-state index contributed by atoms with van der Waals surface area (Å²) in [4.78, 5) is 29.3. The Bertz CT molecular complexity index is 1220. The molecule has 1 N–H and O–H groups in total. The Morgan fingerprint density at radius 1 is 1.07 bits per heavy atom. The lowest BCUT2D eigenvalue weighted by Crippen LogP contribution is -2.28. The van der Waals surface area contributed by atoms with Gasteiger partial charge in [-0.25, -0.2) is 4.98 Å². The van der Waals surface area contributed by atoms with E-state index < -0.39 is 5.56 Å². The van der Waals surface area contributed by atoms with Gasteiger partial charge in [0, 0.05) is 5.69 Å². The molecule has 1 amide bonds. The molecule has 140 valence electrons. The summed E-state index contributed by atoms with van der Waals surface area (Å²) in [7, 11) is 0. The van der Waals surface area contributed by atoms with Crippen LogP contribution in [0.5, 0.6) is 0 Å². The number of carbonyl (C=O) groups is 1. The third kappa shape index (κ3) is 3.39. The van der Waals surface area contributed by atoms with Gasteiger partial charge in [0.05, 0.1) is 5.69 Å². The highest BCUT2D eigenvalue weighted by molar-refractivity contribution is 5.90. The van der Waals surface area contributed by atoms with Crippen molar-refractivity contribution in [2.24, 2.45) is 0 Å².